The Labute approximate surface area is 121 Å². The van der Waals surface area contributed by atoms with Crippen molar-refractivity contribution in [3.63, 3.8) is 0 Å². The zero-order valence-corrected chi connectivity index (χ0v) is 12.1. The monoisotopic (exact) mass is 269 g/mol. The molecule has 0 atom stereocenters. The highest BCUT2D eigenvalue weighted by atomic mass is 16.5. The molecule has 2 aromatic carbocycles. The maximum atomic E-state index is 5.81. The predicted octanol–water partition coefficient (Wildman–Crippen LogP) is 4.52. The van der Waals surface area contributed by atoms with Crippen molar-refractivity contribution in [2.24, 2.45) is 0 Å². The van der Waals surface area contributed by atoms with Crippen LogP contribution in [0.5, 0.6) is 5.75 Å². The molecule has 0 spiro atoms. The number of ether oxygens (including phenoxy) is 1. The summed E-state index contributed by atoms with van der Waals surface area (Å²) < 4.78 is 5.81. The molecule has 0 aliphatic carbocycles. The molecular formula is C18H23NO. The maximum absolute atomic E-state index is 5.81. The van der Waals surface area contributed by atoms with E-state index < -0.39 is 0 Å². The zero-order chi connectivity index (χ0) is 14.0. The van der Waals surface area contributed by atoms with Gasteiger partial charge in [0.1, 0.15) is 5.75 Å². The van der Waals surface area contributed by atoms with Gasteiger partial charge in [0.15, 0.2) is 0 Å². The topological polar surface area (TPSA) is 21.3 Å². The maximum Gasteiger partial charge on any atom is 0.121 e. The third kappa shape index (κ3) is 4.96. The minimum atomic E-state index is 0.756. The van der Waals surface area contributed by atoms with Gasteiger partial charge >= 0.3 is 0 Å². The van der Waals surface area contributed by atoms with E-state index in [1.165, 1.54) is 5.56 Å². The van der Waals surface area contributed by atoms with Gasteiger partial charge in [0.2, 0.25) is 0 Å². The Bertz CT molecular complexity index is 496. The van der Waals surface area contributed by atoms with Gasteiger partial charge in [-0.2, -0.15) is 0 Å². The molecule has 1 N–H and O–H groups in total. The number of rotatable bonds is 8. The number of nitrogens with one attached hydrogen (secondary N) is 1. The molecule has 2 nitrogen and oxygen atoms in total. The van der Waals surface area contributed by atoms with Gasteiger partial charge in [-0.15, -0.1) is 0 Å². The molecule has 0 aromatic heterocycles. The first kappa shape index (κ1) is 14.4. The first-order valence-electron chi connectivity index (χ1n) is 7.39. The van der Waals surface area contributed by atoms with Crippen LogP contribution >= 0.6 is 0 Å². The molecule has 106 valence electrons. The normalized spacial score (nSPS) is 10.2. The fourth-order valence-electron chi connectivity index (χ4n) is 2.08. The molecule has 0 saturated heterocycles. The van der Waals surface area contributed by atoms with E-state index in [1.54, 1.807) is 0 Å². The van der Waals surface area contributed by atoms with Crippen molar-refractivity contribution in [1.29, 1.82) is 0 Å². The van der Waals surface area contributed by atoms with Crippen LogP contribution in [-0.4, -0.2) is 13.2 Å². The number of aryl methyl sites for hydroxylation is 1. The number of anilines is 1. The van der Waals surface area contributed by atoms with E-state index in [0.717, 1.165) is 43.9 Å². The summed E-state index contributed by atoms with van der Waals surface area (Å²) >= 11 is 0. The van der Waals surface area contributed by atoms with Gasteiger partial charge in [-0.25, -0.2) is 0 Å². The van der Waals surface area contributed by atoms with Crippen LogP contribution in [0.2, 0.25) is 0 Å². The molecule has 2 heteroatoms. The van der Waals surface area contributed by atoms with Gasteiger partial charge < -0.3 is 10.1 Å². The predicted molar refractivity (Wildman–Crippen MR) is 85.5 cm³/mol. The Morgan fingerprint density at radius 3 is 2.65 bits per heavy atom. The number of benzene rings is 2. The van der Waals surface area contributed by atoms with Crippen LogP contribution in [0.15, 0.2) is 54.6 Å². The summed E-state index contributed by atoms with van der Waals surface area (Å²) in [4.78, 5) is 0. The minimum Gasteiger partial charge on any atom is -0.494 e. The summed E-state index contributed by atoms with van der Waals surface area (Å²) in [6, 6.07) is 18.7. The van der Waals surface area contributed by atoms with Crippen molar-refractivity contribution in [1.82, 2.24) is 0 Å². The van der Waals surface area contributed by atoms with E-state index in [1.807, 2.05) is 12.1 Å². The summed E-state index contributed by atoms with van der Waals surface area (Å²) in [5, 5.41) is 3.37. The van der Waals surface area contributed by atoms with Crippen LogP contribution in [0.4, 0.5) is 5.69 Å². The fraction of sp³-hybridized carbons (Fsp3) is 0.333. The summed E-state index contributed by atoms with van der Waals surface area (Å²) in [6.45, 7) is 3.92. The highest BCUT2D eigenvalue weighted by Crippen LogP contribution is 2.17. The lowest BCUT2D eigenvalue weighted by molar-refractivity contribution is 0.311. The van der Waals surface area contributed by atoms with Crippen LogP contribution in [-0.2, 0) is 6.42 Å². The highest BCUT2D eigenvalue weighted by Gasteiger charge is 1.97. The molecule has 0 unspecified atom stereocenters. The number of hydrogen-bond donors (Lipinski definition) is 1. The Hall–Kier alpha value is -1.96. The average molecular weight is 269 g/mol. The smallest absolute Gasteiger partial charge is 0.121 e. The van der Waals surface area contributed by atoms with Crippen LogP contribution in [0.3, 0.4) is 0 Å². The van der Waals surface area contributed by atoms with Crippen molar-refractivity contribution < 1.29 is 4.74 Å². The van der Waals surface area contributed by atoms with Gasteiger partial charge in [-0.3, -0.25) is 0 Å². The van der Waals surface area contributed by atoms with Gasteiger partial charge in [0.25, 0.3) is 0 Å². The van der Waals surface area contributed by atoms with Crippen LogP contribution in [0, 0.1) is 0 Å². The lowest BCUT2D eigenvalue weighted by Crippen LogP contribution is -2.02. The van der Waals surface area contributed by atoms with Gasteiger partial charge in [0, 0.05) is 18.3 Å². The zero-order valence-electron chi connectivity index (χ0n) is 12.1. The Kier molecular flexibility index (Phi) is 5.97. The molecule has 0 fully saturated rings. The van der Waals surface area contributed by atoms with E-state index in [-0.39, 0.29) is 0 Å². The summed E-state index contributed by atoms with van der Waals surface area (Å²) in [5.41, 5.74) is 2.50. The molecule has 20 heavy (non-hydrogen) atoms. The SMILES string of the molecule is CCCNc1cccc(OCCCc2ccccc2)c1. The molecule has 2 rings (SSSR count). The Morgan fingerprint density at radius 1 is 1.00 bits per heavy atom. The molecule has 0 bridgehead atoms. The van der Waals surface area contributed by atoms with Gasteiger partial charge in [0.05, 0.1) is 6.61 Å². The standard InChI is InChI=1S/C18H23NO/c1-2-13-19-17-11-6-12-18(15-17)20-14-7-10-16-8-4-3-5-9-16/h3-6,8-9,11-12,15,19H,2,7,10,13-14H2,1H3. The third-order valence-electron chi connectivity index (χ3n) is 3.13. The van der Waals surface area contributed by atoms with Crippen LogP contribution < -0.4 is 10.1 Å². The van der Waals surface area contributed by atoms with Crippen molar-refractivity contribution in [3.8, 4) is 5.75 Å². The van der Waals surface area contributed by atoms with Crippen LogP contribution in [0.25, 0.3) is 0 Å². The van der Waals surface area contributed by atoms with Crippen molar-refractivity contribution in [2.45, 2.75) is 26.2 Å². The summed E-state index contributed by atoms with van der Waals surface area (Å²) in [5.74, 6) is 0.944. The Balaban J connectivity index is 1.73. The van der Waals surface area contributed by atoms with Crippen molar-refractivity contribution >= 4 is 5.69 Å². The van der Waals surface area contributed by atoms with Gasteiger partial charge in [-0.1, -0.05) is 43.3 Å². The van der Waals surface area contributed by atoms with E-state index in [4.69, 9.17) is 4.74 Å². The van der Waals surface area contributed by atoms with Crippen LogP contribution in [0.1, 0.15) is 25.3 Å². The Morgan fingerprint density at radius 2 is 1.85 bits per heavy atom. The van der Waals surface area contributed by atoms with E-state index >= 15 is 0 Å². The van der Waals surface area contributed by atoms with E-state index in [2.05, 4.69) is 54.7 Å². The van der Waals surface area contributed by atoms with E-state index in [9.17, 15) is 0 Å². The highest BCUT2D eigenvalue weighted by molar-refractivity contribution is 5.48. The van der Waals surface area contributed by atoms with Crippen molar-refractivity contribution in [3.05, 3.63) is 60.2 Å². The van der Waals surface area contributed by atoms with Crippen molar-refractivity contribution in [2.75, 3.05) is 18.5 Å². The molecule has 0 heterocycles. The third-order valence-corrected chi connectivity index (χ3v) is 3.13. The molecular weight excluding hydrogens is 246 g/mol. The second kappa shape index (κ2) is 8.26. The average Bonchev–Trinajstić information content (AvgIpc) is 2.51. The quantitative estimate of drug-likeness (QED) is 0.711. The largest absolute Gasteiger partial charge is 0.494 e. The first-order chi connectivity index (χ1) is 9.88. The van der Waals surface area contributed by atoms with Gasteiger partial charge in [-0.05, 0) is 37.0 Å². The summed E-state index contributed by atoms with van der Waals surface area (Å²) in [7, 11) is 0. The molecule has 0 aliphatic rings. The lowest BCUT2D eigenvalue weighted by Gasteiger charge is -2.09. The first-order valence-corrected chi connectivity index (χ1v) is 7.39. The molecule has 0 radical (unpaired) electrons. The van der Waals surface area contributed by atoms with E-state index in [0.29, 0.717) is 0 Å². The molecule has 2 aromatic rings. The fourth-order valence-corrected chi connectivity index (χ4v) is 2.08. The molecule has 0 amide bonds. The minimum absolute atomic E-state index is 0.756. The second-order valence-electron chi connectivity index (χ2n) is 4.89. The lowest BCUT2D eigenvalue weighted by atomic mass is 10.1. The second-order valence-corrected chi connectivity index (χ2v) is 4.89. The summed E-state index contributed by atoms with van der Waals surface area (Å²) in [6.07, 6.45) is 3.23. The number of hydrogen-bond acceptors (Lipinski definition) is 2. The molecule has 0 saturated carbocycles. The molecule has 0 aliphatic heterocycles.